The Morgan fingerprint density at radius 3 is 3.07 bits per heavy atom. The van der Waals surface area contributed by atoms with Crippen LogP contribution >= 0.6 is 0 Å². The van der Waals surface area contributed by atoms with Crippen LogP contribution in [0, 0.1) is 22.7 Å². The standard InChI is InChI=1S/C11H9N3O/c12-4-3-9-7-15-11-5-8(6-13)1-2-10(11)14-9/h1-2,5,9,14H,3,7H2. The average Bonchev–Trinajstić information content (AvgIpc) is 2.29. The van der Waals surface area contributed by atoms with Gasteiger partial charge in [-0.25, -0.2) is 0 Å². The number of nitrogens with zero attached hydrogens (tertiary/aromatic N) is 2. The molecule has 1 aliphatic heterocycles. The fourth-order valence-electron chi connectivity index (χ4n) is 1.50. The lowest BCUT2D eigenvalue weighted by Gasteiger charge is -2.25. The number of rotatable bonds is 1. The first-order valence-electron chi connectivity index (χ1n) is 4.64. The largest absolute Gasteiger partial charge is 0.489 e. The normalized spacial score (nSPS) is 17.6. The molecule has 0 bridgehead atoms. The van der Waals surface area contributed by atoms with Crippen LogP contribution in [0.2, 0.25) is 0 Å². The molecule has 1 N–H and O–H groups in total. The summed E-state index contributed by atoms with van der Waals surface area (Å²) < 4.78 is 5.47. The smallest absolute Gasteiger partial charge is 0.143 e. The minimum Gasteiger partial charge on any atom is -0.489 e. The lowest BCUT2D eigenvalue weighted by Crippen LogP contribution is -2.30. The molecule has 2 rings (SSSR count). The van der Waals surface area contributed by atoms with Crippen molar-refractivity contribution in [1.82, 2.24) is 0 Å². The molecule has 1 unspecified atom stereocenters. The van der Waals surface area contributed by atoms with Gasteiger partial charge in [0, 0.05) is 6.07 Å². The molecule has 4 nitrogen and oxygen atoms in total. The number of nitriles is 2. The molecule has 0 spiro atoms. The van der Waals surface area contributed by atoms with Gasteiger partial charge in [-0.05, 0) is 12.1 Å². The third-order valence-electron chi connectivity index (χ3n) is 2.25. The minimum absolute atomic E-state index is 0.0374. The van der Waals surface area contributed by atoms with E-state index >= 15 is 0 Å². The second-order valence-electron chi connectivity index (χ2n) is 3.34. The van der Waals surface area contributed by atoms with E-state index in [0.29, 0.717) is 24.3 Å². The Kier molecular flexibility index (Phi) is 2.43. The summed E-state index contributed by atoms with van der Waals surface area (Å²) in [5.41, 5.74) is 1.43. The van der Waals surface area contributed by atoms with Crippen LogP contribution in [-0.2, 0) is 0 Å². The Morgan fingerprint density at radius 2 is 2.33 bits per heavy atom. The van der Waals surface area contributed by atoms with Crippen molar-refractivity contribution in [3.8, 4) is 17.9 Å². The van der Waals surface area contributed by atoms with Gasteiger partial charge in [0.2, 0.25) is 0 Å². The van der Waals surface area contributed by atoms with Gasteiger partial charge in [-0.1, -0.05) is 0 Å². The summed E-state index contributed by atoms with van der Waals surface area (Å²) in [5, 5.41) is 20.5. The summed E-state index contributed by atoms with van der Waals surface area (Å²) >= 11 is 0. The van der Waals surface area contributed by atoms with Gasteiger partial charge in [-0.2, -0.15) is 10.5 Å². The predicted molar refractivity (Wildman–Crippen MR) is 54.3 cm³/mol. The highest BCUT2D eigenvalue weighted by atomic mass is 16.5. The van der Waals surface area contributed by atoms with E-state index in [1.807, 2.05) is 0 Å². The molecule has 74 valence electrons. The maximum absolute atomic E-state index is 8.71. The quantitative estimate of drug-likeness (QED) is 0.746. The topological polar surface area (TPSA) is 68.8 Å². The number of fused-ring (bicyclic) bond motifs is 1. The third-order valence-corrected chi connectivity index (χ3v) is 2.25. The lowest BCUT2D eigenvalue weighted by atomic mass is 10.1. The van der Waals surface area contributed by atoms with E-state index < -0.39 is 0 Å². The monoisotopic (exact) mass is 199 g/mol. The zero-order valence-electron chi connectivity index (χ0n) is 8.03. The Balaban J connectivity index is 2.22. The van der Waals surface area contributed by atoms with Crippen molar-refractivity contribution in [2.45, 2.75) is 12.5 Å². The number of benzene rings is 1. The molecule has 0 fully saturated rings. The SMILES string of the molecule is N#CCC1COc2cc(C#N)ccc2N1. The molecule has 1 aromatic rings. The van der Waals surface area contributed by atoms with Gasteiger partial charge in [0.1, 0.15) is 12.4 Å². The third kappa shape index (κ3) is 1.84. The Morgan fingerprint density at radius 1 is 1.47 bits per heavy atom. The van der Waals surface area contributed by atoms with Gasteiger partial charge in [0.25, 0.3) is 0 Å². The number of hydrogen-bond donors (Lipinski definition) is 1. The van der Waals surface area contributed by atoms with Crippen LogP contribution in [0.1, 0.15) is 12.0 Å². The minimum atomic E-state index is 0.0374. The van der Waals surface area contributed by atoms with Crippen molar-refractivity contribution in [2.75, 3.05) is 11.9 Å². The predicted octanol–water partition coefficient (Wildman–Crippen LogP) is 1.64. The summed E-state index contributed by atoms with van der Waals surface area (Å²) in [4.78, 5) is 0. The molecule has 0 saturated carbocycles. The molecule has 15 heavy (non-hydrogen) atoms. The van der Waals surface area contributed by atoms with Gasteiger partial charge in [-0.3, -0.25) is 0 Å². The fourth-order valence-corrected chi connectivity index (χ4v) is 1.50. The first-order valence-corrected chi connectivity index (χ1v) is 4.64. The average molecular weight is 199 g/mol. The summed E-state index contributed by atoms with van der Waals surface area (Å²) in [6.07, 6.45) is 0.416. The molecular formula is C11H9N3O. The fraction of sp³-hybridized carbons (Fsp3) is 0.273. The molecule has 4 heteroatoms. The number of nitrogens with one attached hydrogen (secondary N) is 1. The molecular weight excluding hydrogens is 190 g/mol. The molecule has 0 aromatic heterocycles. The van der Waals surface area contributed by atoms with Gasteiger partial charge in [0.15, 0.2) is 0 Å². The molecule has 0 amide bonds. The van der Waals surface area contributed by atoms with E-state index in [0.717, 1.165) is 5.69 Å². The van der Waals surface area contributed by atoms with Gasteiger partial charge in [-0.15, -0.1) is 0 Å². The summed E-state index contributed by atoms with van der Waals surface area (Å²) in [6, 6.07) is 9.42. The van der Waals surface area contributed by atoms with E-state index in [-0.39, 0.29) is 6.04 Å². The summed E-state index contributed by atoms with van der Waals surface area (Å²) in [5.74, 6) is 0.684. The summed E-state index contributed by atoms with van der Waals surface area (Å²) in [6.45, 7) is 0.468. The van der Waals surface area contributed by atoms with Crippen LogP contribution in [0.15, 0.2) is 18.2 Å². The molecule has 1 heterocycles. The van der Waals surface area contributed by atoms with E-state index in [1.165, 1.54) is 0 Å². The zero-order valence-corrected chi connectivity index (χ0v) is 8.03. The van der Waals surface area contributed by atoms with Crippen molar-refractivity contribution >= 4 is 5.69 Å². The van der Waals surface area contributed by atoms with E-state index in [4.69, 9.17) is 15.3 Å². The first kappa shape index (κ1) is 9.36. The second kappa shape index (κ2) is 3.89. The Hall–Kier alpha value is -2.20. The molecule has 0 aliphatic carbocycles. The van der Waals surface area contributed by atoms with Crippen LogP contribution in [0.25, 0.3) is 0 Å². The molecule has 1 aromatic carbocycles. The van der Waals surface area contributed by atoms with Crippen LogP contribution in [0.3, 0.4) is 0 Å². The molecule has 0 radical (unpaired) electrons. The van der Waals surface area contributed by atoms with E-state index in [2.05, 4.69) is 17.5 Å². The van der Waals surface area contributed by atoms with Crippen LogP contribution in [-0.4, -0.2) is 12.6 Å². The van der Waals surface area contributed by atoms with Crippen molar-refractivity contribution in [3.05, 3.63) is 23.8 Å². The van der Waals surface area contributed by atoms with E-state index in [9.17, 15) is 0 Å². The first-order chi connectivity index (χ1) is 7.33. The maximum Gasteiger partial charge on any atom is 0.143 e. The zero-order chi connectivity index (χ0) is 10.7. The Bertz CT molecular complexity index is 456. The van der Waals surface area contributed by atoms with Gasteiger partial charge >= 0.3 is 0 Å². The Labute approximate surface area is 87.7 Å². The number of hydrogen-bond acceptors (Lipinski definition) is 4. The second-order valence-corrected chi connectivity index (χ2v) is 3.34. The highest BCUT2D eigenvalue weighted by molar-refractivity contribution is 5.61. The van der Waals surface area contributed by atoms with Crippen molar-refractivity contribution < 1.29 is 4.74 Å². The highest BCUT2D eigenvalue weighted by Crippen LogP contribution is 2.30. The van der Waals surface area contributed by atoms with Gasteiger partial charge < -0.3 is 10.1 Å². The van der Waals surface area contributed by atoms with Crippen molar-refractivity contribution in [3.63, 3.8) is 0 Å². The van der Waals surface area contributed by atoms with Crippen LogP contribution in [0.5, 0.6) is 5.75 Å². The number of anilines is 1. The molecule has 1 atom stereocenters. The van der Waals surface area contributed by atoms with Crippen molar-refractivity contribution in [1.29, 1.82) is 10.5 Å². The molecule has 0 saturated heterocycles. The highest BCUT2D eigenvalue weighted by Gasteiger charge is 2.18. The van der Waals surface area contributed by atoms with Gasteiger partial charge in [0.05, 0.1) is 35.9 Å². The number of ether oxygens (including phenoxy) is 1. The molecule has 1 aliphatic rings. The van der Waals surface area contributed by atoms with Crippen LogP contribution < -0.4 is 10.1 Å². The van der Waals surface area contributed by atoms with E-state index in [1.54, 1.807) is 18.2 Å². The summed E-state index contributed by atoms with van der Waals surface area (Å²) in [7, 11) is 0. The lowest BCUT2D eigenvalue weighted by molar-refractivity contribution is 0.285. The maximum atomic E-state index is 8.71. The van der Waals surface area contributed by atoms with Crippen molar-refractivity contribution in [2.24, 2.45) is 0 Å². The van der Waals surface area contributed by atoms with Crippen LogP contribution in [0.4, 0.5) is 5.69 Å².